The first kappa shape index (κ1) is 18.2. The predicted molar refractivity (Wildman–Crippen MR) is 49.9 cm³/mol. The zero-order chi connectivity index (χ0) is 14.9. The number of carboxylic acid groups (broad SMARTS) is 2. The van der Waals surface area contributed by atoms with Gasteiger partial charge in [-0.3, -0.25) is 11.7 Å². The molecule has 0 aliphatic heterocycles. The fraction of sp³-hybridized carbons (Fsp3) is 0. The van der Waals surface area contributed by atoms with Gasteiger partial charge in [0, 0.05) is 0 Å². The second-order valence-corrected chi connectivity index (χ2v) is 2.27. The number of carbonyl (C=O) groups is 2. The highest BCUT2D eigenvalue weighted by molar-refractivity contribution is 6.27. The van der Waals surface area contributed by atoms with Crippen molar-refractivity contribution in [3.63, 3.8) is 0 Å². The van der Waals surface area contributed by atoms with Crippen LogP contribution in [0.5, 0.6) is 0 Å². The highest BCUT2D eigenvalue weighted by Crippen LogP contribution is 2.12. The Morgan fingerprint density at radius 2 is 1.06 bits per heavy atom. The minimum absolute atomic E-state index is 0.522. The summed E-state index contributed by atoms with van der Waals surface area (Å²) in [4.78, 5) is 18.2. The fourth-order valence-electron chi connectivity index (χ4n) is 0.502. The summed E-state index contributed by atoms with van der Waals surface area (Å²) in [6, 6.07) is 1.04. The van der Waals surface area contributed by atoms with Gasteiger partial charge in [-0.2, -0.15) is 0 Å². The van der Waals surface area contributed by atoms with Crippen molar-refractivity contribution in [3.8, 4) is 0 Å². The van der Waals surface area contributed by atoms with Crippen LogP contribution in [0.1, 0.15) is 0 Å². The lowest BCUT2D eigenvalue weighted by Crippen LogP contribution is -2.09. The Morgan fingerprint density at radius 3 is 1.22 bits per heavy atom. The van der Waals surface area contributed by atoms with Crippen LogP contribution in [0.15, 0.2) is 12.1 Å². The van der Waals surface area contributed by atoms with Gasteiger partial charge in [-0.15, -0.1) is 0 Å². The molecule has 102 valence electrons. The van der Waals surface area contributed by atoms with Gasteiger partial charge in [0.1, 0.15) is 0 Å². The highest BCUT2D eigenvalue weighted by Gasteiger charge is 2.11. The number of hydrazine groups is 1. The molecule has 0 radical (unpaired) electrons. The quantitative estimate of drug-likeness (QED) is 0.134. The van der Waals surface area contributed by atoms with Crippen molar-refractivity contribution in [2.24, 2.45) is 11.7 Å². The Hall–Kier alpha value is -2.20. The van der Waals surface area contributed by atoms with Gasteiger partial charge in [-0.25, -0.2) is 27.2 Å². The third-order valence-electron chi connectivity index (χ3n) is 1.17. The lowest BCUT2D eigenvalue weighted by molar-refractivity contribution is -0.159. The Kier molecular flexibility index (Phi) is 8.98. The molecule has 0 saturated heterocycles. The van der Waals surface area contributed by atoms with Crippen LogP contribution in [0, 0.1) is 23.3 Å². The van der Waals surface area contributed by atoms with E-state index in [1.165, 1.54) is 0 Å². The molecule has 0 aliphatic carbocycles. The van der Waals surface area contributed by atoms with Gasteiger partial charge < -0.3 is 10.2 Å². The maximum Gasteiger partial charge on any atom is 0.414 e. The summed E-state index contributed by atoms with van der Waals surface area (Å²) in [7, 11) is 0. The predicted octanol–water partition coefficient (Wildman–Crippen LogP) is 0.217. The second kappa shape index (κ2) is 8.90. The van der Waals surface area contributed by atoms with E-state index in [0.717, 1.165) is 0 Å². The van der Waals surface area contributed by atoms with E-state index in [2.05, 4.69) is 11.7 Å². The van der Waals surface area contributed by atoms with Gasteiger partial charge in [0.2, 0.25) is 0 Å². The Labute approximate surface area is 97.4 Å². The average Bonchev–Trinajstić information content (AvgIpc) is 2.35. The molecule has 0 spiro atoms. The molecule has 1 aromatic carbocycles. The van der Waals surface area contributed by atoms with Crippen LogP contribution in [0.3, 0.4) is 0 Å². The lowest BCUT2D eigenvalue weighted by Gasteiger charge is -1.93. The number of benzene rings is 1. The van der Waals surface area contributed by atoms with E-state index < -0.39 is 35.2 Å². The van der Waals surface area contributed by atoms with Crippen molar-refractivity contribution in [2.45, 2.75) is 0 Å². The van der Waals surface area contributed by atoms with Gasteiger partial charge in [0.25, 0.3) is 0 Å². The third kappa shape index (κ3) is 6.40. The number of carboxylic acids is 2. The molecule has 0 saturated carbocycles. The van der Waals surface area contributed by atoms with Crippen LogP contribution in [0.2, 0.25) is 0 Å². The van der Waals surface area contributed by atoms with Crippen molar-refractivity contribution in [3.05, 3.63) is 35.4 Å². The summed E-state index contributed by atoms with van der Waals surface area (Å²) in [5.74, 6) is -1.98. The molecular weight excluding hydrogens is 264 g/mol. The SMILES string of the molecule is Fc1ccc(F)c(F)c1F.NN.O=C(O)C(=O)O. The zero-order valence-corrected chi connectivity index (χ0v) is 8.53. The van der Waals surface area contributed by atoms with E-state index in [-0.39, 0.29) is 0 Å². The molecule has 0 atom stereocenters. The van der Waals surface area contributed by atoms with Crippen molar-refractivity contribution in [1.82, 2.24) is 0 Å². The summed E-state index contributed by atoms with van der Waals surface area (Å²) in [6.07, 6.45) is 0. The number of aliphatic carboxylic acids is 2. The minimum Gasteiger partial charge on any atom is -0.473 e. The molecular formula is C8H8F4N2O4. The monoisotopic (exact) mass is 272 g/mol. The minimum atomic E-state index is -1.82. The summed E-state index contributed by atoms with van der Waals surface area (Å²) in [5.41, 5.74) is 0. The Morgan fingerprint density at radius 1 is 0.833 bits per heavy atom. The van der Waals surface area contributed by atoms with E-state index in [0.29, 0.717) is 12.1 Å². The van der Waals surface area contributed by atoms with Crippen LogP contribution >= 0.6 is 0 Å². The van der Waals surface area contributed by atoms with Crippen LogP contribution in [-0.2, 0) is 9.59 Å². The van der Waals surface area contributed by atoms with E-state index in [4.69, 9.17) is 19.8 Å². The number of hydrogen-bond acceptors (Lipinski definition) is 4. The van der Waals surface area contributed by atoms with E-state index in [9.17, 15) is 17.6 Å². The normalized spacial score (nSPS) is 8.33. The van der Waals surface area contributed by atoms with Crippen LogP contribution < -0.4 is 11.7 Å². The topological polar surface area (TPSA) is 127 Å². The van der Waals surface area contributed by atoms with Gasteiger partial charge >= 0.3 is 11.9 Å². The van der Waals surface area contributed by atoms with Crippen LogP contribution in [0.25, 0.3) is 0 Å². The molecule has 1 aromatic rings. The molecule has 6 N–H and O–H groups in total. The first-order valence-corrected chi connectivity index (χ1v) is 3.86. The van der Waals surface area contributed by atoms with Crippen molar-refractivity contribution in [2.75, 3.05) is 0 Å². The fourth-order valence-corrected chi connectivity index (χ4v) is 0.502. The highest BCUT2D eigenvalue weighted by atomic mass is 19.2. The van der Waals surface area contributed by atoms with Gasteiger partial charge in [0.05, 0.1) is 0 Å². The number of nitrogens with two attached hydrogens (primary N) is 2. The molecule has 0 unspecified atom stereocenters. The van der Waals surface area contributed by atoms with Crippen molar-refractivity contribution < 1.29 is 37.4 Å². The number of halogens is 4. The van der Waals surface area contributed by atoms with Gasteiger partial charge in [-0.05, 0) is 12.1 Å². The van der Waals surface area contributed by atoms with E-state index in [1.54, 1.807) is 0 Å². The summed E-state index contributed by atoms with van der Waals surface area (Å²) in [6.45, 7) is 0. The molecule has 6 nitrogen and oxygen atoms in total. The maximum absolute atomic E-state index is 12.0. The maximum atomic E-state index is 12.0. The first-order chi connectivity index (χ1) is 8.27. The number of hydrogen-bond donors (Lipinski definition) is 4. The average molecular weight is 272 g/mol. The summed E-state index contributed by atoms with van der Waals surface area (Å²) >= 11 is 0. The molecule has 0 bridgehead atoms. The smallest absolute Gasteiger partial charge is 0.414 e. The molecule has 0 heterocycles. The largest absolute Gasteiger partial charge is 0.473 e. The van der Waals surface area contributed by atoms with Crippen molar-refractivity contribution >= 4 is 11.9 Å². The van der Waals surface area contributed by atoms with Crippen LogP contribution in [0.4, 0.5) is 17.6 Å². The molecule has 0 aliphatic rings. The third-order valence-corrected chi connectivity index (χ3v) is 1.17. The van der Waals surface area contributed by atoms with Crippen LogP contribution in [-0.4, -0.2) is 22.2 Å². The van der Waals surface area contributed by atoms with E-state index in [1.807, 2.05) is 0 Å². The number of rotatable bonds is 0. The Balaban J connectivity index is 0. The standard InChI is InChI=1S/C6H2F4.C2H2O4.H4N2/c7-3-1-2-4(8)6(10)5(3)9;3-1(4)2(5)6;1-2/h1-2H;(H,3,4)(H,5,6);1-2H2. The second-order valence-electron chi connectivity index (χ2n) is 2.27. The molecule has 0 fully saturated rings. The summed E-state index contributed by atoms with van der Waals surface area (Å²) in [5, 5.41) is 14.8. The summed E-state index contributed by atoms with van der Waals surface area (Å²) < 4.78 is 48.0. The molecule has 1 rings (SSSR count). The molecule has 0 aromatic heterocycles. The molecule has 10 heteroatoms. The van der Waals surface area contributed by atoms with Crippen molar-refractivity contribution in [1.29, 1.82) is 0 Å². The van der Waals surface area contributed by atoms with Gasteiger partial charge in [0.15, 0.2) is 23.3 Å². The van der Waals surface area contributed by atoms with E-state index >= 15 is 0 Å². The first-order valence-electron chi connectivity index (χ1n) is 3.86. The lowest BCUT2D eigenvalue weighted by atomic mass is 10.3. The molecule has 18 heavy (non-hydrogen) atoms. The zero-order valence-electron chi connectivity index (χ0n) is 8.53. The van der Waals surface area contributed by atoms with Gasteiger partial charge in [-0.1, -0.05) is 0 Å². The molecule has 0 amide bonds. The Bertz CT molecular complexity index is 389.